The first-order valence-corrected chi connectivity index (χ1v) is 16.7. The lowest BCUT2D eigenvalue weighted by Crippen LogP contribution is -2.46. The number of nitriles is 1. The largest absolute Gasteiger partial charge is 0.489 e. The smallest absolute Gasteiger partial charge is 0.319 e. The fourth-order valence-corrected chi connectivity index (χ4v) is 9.07. The zero-order valence-electron chi connectivity index (χ0n) is 25.5. The Morgan fingerprint density at radius 1 is 1.28 bits per heavy atom. The molecule has 0 saturated carbocycles. The van der Waals surface area contributed by atoms with Gasteiger partial charge in [-0.15, -0.1) is 17.9 Å². The van der Waals surface area contributed by atoms with Crippen molar-refractivity contribution in [3.8, 4) is 29.0 Å². The molecule has 1 unspecified atom stereocenters. The van der Waals surface area contributed by atoms with Gasteiger partial charge in [0.15, 0.2) is 11.6 Å². The molecule has 2 aromatic heterocycles. The summed E-state index contributed by atoms with van der Waals surface area (Å²) < 4.78 is 50.9. The van der Waals surface area contributed by atoms with E-state index in [0.29, 0.717) is 31.0 Å². The van der Waals surface area contributed by atoms with Gasteiger partial charge in [-0.3, -0.25) is 4.90 Å². The topological polar surface area (TPSA) is 110 Å². The Balaban J connectivity index is 1.37. The molecule has 0 amide bonds. The van der Waals surface area contributed by atoms with E-state index in [0.717, 1.165) is 55.7 Å². The molecule has 13 heteroatoms. The highest BCUT2D eigenvalue weighted by Gasteiger charge is 2.47. The predicted molar refractivity (Wildman–Crippen MR) is 178 cm³/mol. The first-order chi connectivity index (χ1) is 22.7. The lowest BCUT2D eigenvalue weighted by atomic mass is 9.94. The molecular weight excluding hydrogens is 646 g/mol. The monoisotopic (exact) mass is 676 g/mol. The molecule has 242 valence electrons. The van der Waals surface area contributed by atoms with Crippen molar-refractivity contribution in [2.24, 2.45) is 0 Å². The van der Waals surface area contributed by atoms with Crippen molar-refractivity contribution in [1.29, 1.82) is 5.26 Å². The van der Waals surface area contributed by atoms with Gasteiger partial charge in [0.1, 0.15) is 41.4 Å². The second-order valence-corrected chi connectivity index (χ2v) is 14.1. The standard InChI is InChI=1S/C34H31ClF2N6O3S/c1-3-18-15-45-29-25-28(27(37)24(26(29)35)20-5-6-22(36)30-23(20)21(12-38)31(39)47-30)40-33(41-32(25)43(18)19-7-10-44-14-19)46-16-34-8-4-9-42(34)13-17(2)11-34/h3,5-6,18-19H,1-2,4,7-11,13-16,39H2/t18-,19?,34-/m0/s1. The van der Waals surface area contributed by atoms with E-state index in [-0.39, 0.29) is 78.3 Å². The molecule has 4 aliphatic rings. The molecule has 3 atom stereocenters. The molecule has 4 aliphatic heterocycles. The minimum absolute atomic E-state index is 0.0136. The van der Waals surface area contributed by atoms with Crippen LogP contribution < -0.4 is 20.1 Å². The third-order valence-corrected chi connectivity index (χ3v) is 11.3. The second kappa shape index (κ2) is 11.3. The van der Waals surface area contributed by atoms with Crippen LogP contribution in [0.25, 0.3) is 32.1 Å². The Kier molecular flexibility index (Phi) is 7.29. The van der Waals surface area contributed by atoms with Crippen LogP contribution >= 0.6 is 22.9 Å². The number of nitrogens with zero attached hydrogens (tertiary/aromatic N) is 5. The molecule has 0 radical (unpaired) electrons. The Morgan fingerprint density at radius 3 is 2.89 bits per heavy atom. The molecule has 47 heavy (non-hydrogen) atoms. The summed E-state index contributed by atoms with van der Waals surface area (Å²) >= 11 is 7.99. The average molecular weight is 677 g/mol. The Bertz CT molecular complexity index is 2040. The zero-order chi connectivity index (χ0) is 32.6. The van der Waals surface area contributed by atoms with Crippen molar-refractivity contribution >= 4 is 54.7 Å². The molecular formula is C34H31ClF2N6O3S. The van der Waals surface area contributed by atoms with E-state index in [9.17, 15) is 5.26 Å². The molecule has 2 aromatic carbocycles. The number of ether oxygens (including phenoxy) is 3. The van der Waals surface area contributed by atoms with Gasteiger partial charge in [-0.2, -0.15) is 15.2 Å². The number of benzene rings is 2. The van der Waals surface area contributed by atoms with Crippen molar-refractivity contribution in [1.82, 2.24) is 14.9 Å². The Labute approximate surface area is 278 Å². The lowest BCUT2D eigenvalue weighted by Gasteiger charge is -2.34. The summed E-state index contributed by atoms with van der Waals surface area (Å²) in [5.41, 5.74) is 7.16. The lowest BCUT2D eigenvalue weighted by molar-refractivity contribution is 0.108. The zero-order valence-corrected chi connectivity index (χ0v) is 27.0. The number of thiophene rings is 1. The van der Waals surface area contributed by atoms with Gasteiger partial charge < -0.3 is 24.8 Å². The summed E-state index contributed by atoms with van der Waals surface area (Å²) in [7, 11) is 0. The van der Waals surface area contributed by atoms with Crippen LogP contribution in [0.4, 0.5) is 19.6 Å². The molecule has 3 saturated heterocycles. The molecule has 4 aromatic rings. The van der Waals surface area contributed by atoms with Gasteiger partial charge in [0.2, 0.25) is 0 Å². The molecule has 6 heterocycles. The van der Waals surface area contributed by atoms with Crippen LogP contribution in [0.1, 0.15) is 31.2 Å². The van der Waals surface area contributed by atoms with E-state index in [1.807, 2.05) is 4.90 Å². The first kappa shape index (κ1) is 30.3. The van der Waals surface area contributed by atoms with E-state index in [4.69, 9.17) is 36.5 Å². The molecule has 9 nitrogen and oxygen atoms in total. The summed E-state index contributed by atoms with van der Waals surface area (Å²) in [4.78, 5) is 14.0. The van der Waals surface area contributed by atoms with Gasteiger partial charge in [-0.1, -0.05) is 35.9 Å². The highest BCUT2D eigenvalue weighted by molar-refractivity contribution is 7.23. The van der Waals surface area contributed by atoms with Crippen LogP contribution in [0.5, 0.6) is 11.8 Å². The number of aromatic nitrogens is 2. The van der Waals surface area contributed by atoms with Gasteiger partial charge in [0.05, 0.1) is 44.9 Å². The van der Waals surface area contributed by atoms with Gasteiger partial charge in [0.25, 0.3) is 0 Å². The summed E-state index contributed by atoms with van der Waals surface area (Å²) in [5.74, 6) is -0.766. The van der Waals surface area contributed by atoms with Crippen LogP contribution in [0.3, 0.4) is 0 Å². The van der Waals surface area contributed by atoms with Gasteiger partial charge in [0, 0.05) is 24.1 Å². The van der Waals surface area contributed by atoms with Gasteiger partial charge in [-0.25, -0.2) is 8.78 Å². The summed E-state index contributed by atoms with van der Waals surface area (Å²) in [5, 5.41) is 10.5. The van der Waals surface area contributed by atoms with E-state index >= 15 is 8.78 Å². The van der Waals surface area contributed by atoms with Crippen LogP contribution in [-0.4, -0.2) is 72.0 Å². The minimum Gasteiger partial charge on any atom is -0.489 e. The van der Waals surface area contributed by atoms with E-state index in [1.165, 1.54) is 12.1 Å². The highest BCUT2D eigenvalue weighted by Crippen LogP contribution is 2.51. The summed E-state index contributed by atoms with van der Waals surface area (Å²) in [6.07, 6.45) is 5.31. The van der Waals surface area contributed by atoms with Crippen molar-refractivity contribution in [2.45, 2.75) is 43.3 Å². The normalized spacial score (nSPS) is 24.0. The third-order valence-electron chi connectivity index (χ3n) is 9.92. The quantitative estimate of drug-likeness (QED) is 0.226. The summed E-state index contributed by atoms with van der Waals surface area (Å²) in [6, 6.07) is 4.23. The van der Waals surface area contributed by atoms with Crippen molar-refractivity contribution in [3.63, 3.8) is 0 Å². The van der Waals surface area contributed by atoms with Gasteiger partial charge in [-0.05, 0) is 43.9 Å². The fraction of sp³-hybridized carbons (Fsp3) is 0.382. The third kappa shape index (κ3) is 4.58. The number of hydrogen-bond acceptors (Lipinski definition) is 10. The molecule has 0 spiro atoms. The van der Waals surface area contributed by atoms with Crippen molar-refractivity contribution in [3.05, 3.63) is 59.2 Å². The summed E-state index contributed by atoms with van der Waals surface area (Å²) in [6.45, 7) is 11.5. The molecule has 0 bridgehead atoms. The molecule has 0 aliphatic carbocycles. The number of rotatable bonds is 6. The minimum atomic E-state index is -0.776. The SMILES string of the molecule is C=C[C@H]1COc2c(Cl)c(-c3ccc(F)c4sc(N)c(C#N)c34)c(F)c3nc(OC[C@@]45CCCN4CC(=C)C5)nc(c23)N1C1CCOC1. The highest BCUT2D eigenvalue weighted by atomic mass is 35.5. The molecule has 8 rings (SSSR count). The van der Waals surface area contributed by atoms with E-state index in [1.54, 1.807) is 6.08 Å². The van der Waals surface area contributed by atoms with E-state index < -0.39 is 11.6 Å². The maximum absolute atomic E-state index is 17.2. The number of anilines is 2. The van der Waals surface area contributed by atoms with Crippen LogP contribution in [0, 0.1) is 23.0 Å². The first-order valence-electron chi connectivity index (χ1n) is 15.5. The van der Waals surface area contributed by atoms with Crippen LogP contribution in [0.2, 0.25) is 5.02 Å². The molecule has 2 N–H and O–H groups in total. The number of nitrogen functional groups attached to an aromatic ring is 1. The number of nitrogens with two attached hydrogens (primary N) is 1. The second-order valence-electron chi connectivity index (χ2n) is 12.6. The number of hydrogen-bond donors (Lipinski definition) is 1. The van der Waals surface area contributed by atoms with Crippen LogP contribution in [-0.2, 0) is 4.74 Å². The fourth-order valence-electron chi connectivity index (χ4n) is 7.79. The Morgan fingerprint density at radius 2 is 2.13 bits per heavy atom. The number of halogens is 3. The maximum atomic E-state index is 17.2. The van der Waals surface area contributed by atoms with Crippen LogP contribution in [0.15, 0.2) is 36.9 Å². The van der Waals surface area contributed by atoms with E-state index in [2.05, 4.69) is 29.1 Å². The average Bonchev–Trinajstić information content (AvgIpc) is 3.82. The van der Waals surface area contributed by atoms with Crippen molar-refractivity contribution in [2.75, 3.05) is 50.2 Å². The number of fused-ring (bicyclic) bond motifs is 2. The maximum Gasteiger partial charge on any atom is 0.319 e. The Hall–Kier alpha value is -4.02. The van der Waals surface area contributed by atoms with Gasteiger partial charge >= 0.3 is 6.01 Å². The van der Waals surface area contributed by atoms with Crippen molar-refractivity contribution < 1.29 is 23.0 Å². The molecule has 3 fully saturated rings. The predicted octanol–water partition coefficient (Wildman–Crippen LogP) is 6.61.